The number of rotatable bonds is 7. The normalized spacial score (nSPS) is 13.3. The average Bonchev–Trinajstić information content (AvgIpc) is 2.16. The lowest BCUT2D eigenvalue weighted by atomic mass is 10.0. The Hall–Kier alpha value is -0.570. The third-order valence-corrected chi connectivity index (χ3v) is 2.60. The van der Waals surface area contributed by atoms with Gasteiger partial charge in [-0.05, 0) is 12.3 Å². The second kappa shape index (κ2) is 7.69. The molecule has 3 nitrogen and oxygen atoms in total. The van der Waals surface area contributed by atoms with E-state index in [9.17, 15) is 4.79 Å². The van der Waals surface area contributed by atoms with E-state index in [1.165, 1.54) is 0 Å². The molecule has 2 N–H and O–H groups in total. The maximum atomic E-state index is 11.3. The smallest absolute Gasteiger partial charge is 0.222 e. The van der Waals surface area contributed by atoms with Gasteiger partial charge in [0, 0.05) is 25.0 Å². The van der Waals surface area contributed by atoms with E-state index in [4.69, 9.17) is 0 Å². The van der Waals surface area contributed by atoms with Crippen molar-refractivity contribution in [1.82, 2.24) is 10.6 Å². The van der Waals surface area contributed by atoms with Crippen LogP contribution in [0, 0.1) is 11.8 Å². The summed E-state index contributed by atoms with van der Waals surface area (Å²) < 4.78 is 0. The van der Waals surface area contributed by atoms with Crippen LogP contribution in [0.4, 0.5) is 0 Å². The zero-order chi connectivity index (χ0) is 11.8. The largest absolute Gasteiger partial charge is 0.355 e. The van der Waals surface area contributed by atoms with E-state index >= 15 is 0 Å². The highest BCUT2D eigenvalue weighted by molar-refractivity contribution is 5.77. The molecule has 0 fully saturated rings. The Morgan fingerprint density at radius 1 is 1.13 bits per heavy atom. The zero-order valence-corrected chi connectivity index (χ0v) is 10.8. The van der Waals surface area contributed by atoms with Gasteiger partial charge in [-0.15, -0.1) is 0 Å². The van der Waals surface area contributed by atoms with Gasteiger partial charge in [0.2, 0.25) is 5.91 Å². The van der Waals surface area contributed by atoms with Crippen molar-refractivity contribution >= 4 is 5.91 Å². The Bertz CT molecular complexity index is 178. The summed E-state index contributed by atoms with van der Waals surface area (Å²) in [5.41, 5.74) is 0. The Morgan fingerprint density at radius 3 is 2.13 bits per heavy atom. The van der Waals surface area contributed by atoms with Crippen LogP contribution in [0.1, 0.15) is 41.0 Å². The fourth-order valence-electron chi connectivity index (χ4n) is 1.50. The molecule has 0 aromatic rings. The van der Waals surface area contributed by atoms with Crippen molar-refractivity contribution < 1.29 is 4.79 Å². The molecule has 90 valence electrons. The van der Waals surface area contributed by atoms with Gasteiger partial charge in [0.1, 0.15) is 0 Å². The molecule has 0 aliphatic carbocycles. The first-order chi connectivity index (χ1) is 6.99. The molecule has 0 spiro atoms. The summed E-state index contributed by atoms with van der Waals surface area (Å²) in [6, 6.07) is 0.556. The molecule has 0 aliphatic rings. The van der Waals surface area contributed by atoms with Gasteiger partial charge in [-0.2, -0.15) is 0 Å². The fraction of sp³-hybridized carbons (Fsp3) is 0.917. The van der Waals surface area contributed by atoms with Crippen LogP contribution in [-0.2, 0) is 4.79 Å². The summed E-state index contributed by atoms with van der Waals surface area (Å²) in [6.07, 6.45) is 1.13. The number of nitrogens with one attached hydrogen (secondary N) is 2. The minimum Gasteiger partial charge on any atom is -0.355 e. The van der Waals surface area contributed by atoms with Crippen molar-refractivity contribution in [2.45, 2.75) is 47.1 Å². The molecule has 0 rings (SSSR count). The number of amides is 1. The second-order valence-corrected chi connectivity index (χ2v) is 4.66. The van der Waals surface area contributed by atoms with Crippen LogP contribution in [0.15, 0.2) is 0 Å². The molecule has 0 saturated carbocycles. The summed E-state index contributed by atoms with van der Waals surface area (Å²) in [4.78, 5) is 11.3. The molecular formula is C12H26N2O. The van der Waals surface area contributed by atoms with Crippen LogP contribution in [0.25, 0.3) is 0 Å². The van der Waals surface area contributed by atoms with Gasteiger partial charge in [-0.25, -0.2) is 0 Å². The third-order valence-electron chi connectivity index (χ3n) is 2.60. The highest BCUT2D eigenvalue weighted by Crippen LogP contribution is 2.04. The van der Waals surface area contributed by atoms with Gasteiger partial charge < -0.3 is 10.6 Å². The first-order valence-corrected chi connectivity index (χ1v) is 6.00. The lowest BCUT2D eigenvalue weighted by molar-refractivity contribution is -0.123. The maximum absolute atomic E-state index is 11.3. The SMILES string of the molecule is CCC(NCCNC(=O)C(C)C)C(C)C. The number of carbonyl (C=O) groups excluding carboxylic acids is 1. The van der Waals surface area contributed by atoms with Gasteiger partial charge in [0.25, 0.3) is 0 Å². The van der Waals surface area contributed by atoms with Crippen molar-refractivity contribution in [2.24, 2.45) is 11.8 Å². The predicted molar refractivity (Wildman–Crippen MR) is 64.8 cm³/mol. The lowest BCUT2D eigenvalue weighted by Crippen LogP contribution is -2.40. The summed E-state index contributed by atoms with van der Waals surface area (Å²) in [7, 11) is 0. The monoisotopic (exact) mass is 214 g/mol. The summed E-state index contributed by atoms with van der Waals surface area (Å²) in [5.74, 6) is 0.863. The quantitative estimate of drug-likeness (QED) is 0.634. The Kier molecular flexibility index (Phi) is 7.39. The van der Waals surface area contributed by atoms with Gasteiger partial charge in [-0.1, -0.05) is 34.6 Å². The molecule has 3 heteroatoms. The second-order valence-electron chi connectivity index (χ2n) is 4.66. The molecular weight excluding hydrogens is 188 g/mol. The van der Waals surface area contributed by atoms with Gasteiger partial charge >= 0.3 is 0 Å². The maximum Gasteiger partial charge on any atom is 0.222 e. The molecule has 1 atom stereocenters. The molecule has 0 radical (unpaired) electrons. The summed E-state index contributed by atoms with van der Waals surface area (Å²) in [5, 5.41) is 6.35. The van der Waals surface area contributed by atoms with Crippen molar-refractivity contribution in [1.29, 1.82) is 0 Å². The Labute approximate surface area is 94.0 Å². The highest BCUT2D eigenvalue weighted by Gasteiger charge is 2.10. The zero-order valence-electron chi connectivity index (χ0n) is 10.8. The average molecular weight is 214 g/mol. The number of hydrogen-bond acceptors (Lipinski definition) is 2. The van der Waals surface area contributed by atoms with Crippen LogP contribution in [0.5, 0.6) is 0 Å². The molecule has 0 aromatic carbocycles. The number of hydrogen-bond donors (Lipinski definition) is 2. The molecule has 0 bridgehead atoms. The van der Waals surface area contributed by atoms with Gasteiger partial charge in [-0.3, -0.25) is 4.79 Å². The predicted octanol–water partition coefficient (Wildman–Crippen LogP) is 1.78. The molecule has 0 heterocycles. The molecule has 0 aliphatic heterocycles. The minimum atomic E-state index is 0.0806. The minimum absolute atomic E-state index is 0.0806. The van der Waals surface area contributed by atoms with Crippen LogP contribution in [0.3, 0.4) is 0 Å². The van der Waals surface area contributed by atoms with E-state index in [2.05, 4.69) is 31.4 Å². The summed E-state index contributed by atoms with van der Waals surface area (Å²) in [6.45, 7) is 12.0. The third kappa shape index (κ3) is 6.50. The van der Waals surface area contributed by atoms with Crippen molar-refractivity contribution in [3.63, 3.8) is 0 Å². The number of carbonyl (C=O) groups is 1. The summed E-state index contributed by atoms with van der Waals surface area (Å²) >= 11 is 0. The molecule has 15 heavy (non-hydrogen) atoms. The Balaban J connectivity index is 3.57. The van der Waals surface area contributed by atoms with Gasteiger partial charge in [0.05, 0.1) is 0 Å². The van der Waals surface area contributed by atoms with E-state index in [-0.39, 0.29) is 11.8 Å². The van der Waals surface area contributed by atoms with E-state index in [0.717, 1.165) is 19.5 Å². The van der Waals surface area contributed by atoms with Crippen molar-refractivity contribution in [3.05, 3.63) is 0 Å². The Morgan fingerprint density at radius 2 is 1.73 bits per heavy atom. The van der Waals surface area contributed by atoms with E-state index in [1.54, 1.807) is 0 Å². The van der Waals surface area contributed by atoms with Crippen LogP contribution in [-0.4, -0.2) is 25.0 Å². The van der Waals surface area contributed by atoms with Gasteiger partial charge in [0.15, 0.2) is 0 Å². The molecule has 1 unspecified atom stereocenters. The highest BCUT2D eigenvalue weighted by atomic mass is 16.1. The van der Waals surface area contributed by atoms with Crippen molar-refractivity contribution in [2.75, 3.05) is 13.1 Å². The van der Waals surface area contributed by atoms with Crippen LogP contribution in [0.2, 0.25) is 0 Å². The molecule has 0 aromatic heterocycles. The van der Waals surface area contributed by atoms with Crippen molar-refractivity contribution in [3.8, 4) is 0 Å². The lowest BCUT2D eigenvalue weighted by Gasteiger charge is -2.20. The van der Waals surface area contributed by atoms with Crippen LogP contribution < -0.4 is 10.6 Å². The first-order valence-electron chi connectivity index (χ1n) is 6.00. The fourth-order valence-corrected chi connectivity index (χ4v) is 1.50. The van der Waals surface area contributed by atoms with E-state index in [0.29, 0.717) is 12.0 Å². The van der Waals surface area contributed by atoms with E-state index in [1.807, 2.05) is 13.8 Å². The van der Waals surface area contributed by atoms with Crippen LogP contribution >= 0.6 is 0 Å². The van der Waals surface area contributed by atoms with E-state index < -0.39 is 0 Å². The molecule has 0 saturated heterocycles. The standard InChI is InChI=1S/C12H26N2O/c1-6-11(9(2)3)13-7-8-14-12(15)10(4)5/h9-11,13H,6-8H2,1-5H3,(H,14,15). The first kappa shape index (κ1) is 14.4. The molecule has 1 amide bonds. The topological polar surface area (TPSA) is 41.1 Å².